The van der Waals surface area contributed by atoms with E-state index in [9.17, 15) is 0 Å². The molecular weight excluding hydrogens is 244 g/mol. The second-order valence-corrected chi connectivity index (χ2v) is 5.46. The SMILES string of the molecule is CCCCCCCCCCC(CCN)N(C)C.Cl. The fraction of sp³-hybridized carbons (Fsp3) is 1.00. The predicted octanol–water partition coefficient (Wildman–Crippen LogP) is 4.22. The molecule has 3 heteroatoms. The van der Waals surface area contributed by atoms with Crippen molar-refractivity contribution in [1.82, 2.24) is 4.90 Å². The van der Waals surface area contributed by atoms with Gasteiger partial charge in [0, 0.05) is 6.04 Å². The van der Waals surface area contributed by atoms with E-state index in [1.54, 1.807) is 0 Å². The Balaban J connectivity index is 0. The molecule has 1 atom stereocenters. The predicted molar refractivity (Wildman–Crippen MR) is 85.6 cm³/mol. The van der Waals surface area contributed by atoms with Crippen LogP contribution in [0.5, 0.6) is 0 Å². The van der Waals surface area contributed by atoms with Gasteiger partial charge in [0.25, 0.3) is 0 Å². The topological polar surface area (TPSA) is 29.3 Å². The molecule has 0 aliphatic rings. The number of hydrogen-bond donors (Lipinski definition) is 1. The summed E-state index contributed by atoms with van der Waals surface area (Å²) in [5, 5.41) is 0. The number of unbranched alkanes of at least 4 members (excludes halogenated alkanes) is 7. The normalized spacial score (nSPS) is 12.5. The van der Waals surface area contributed by atoms with Crippen molar-refractivity contribution in [3.63, 3.8) is 0 Å². The Morgan fingerprint density at radius 1 is 0.833 bits per heavy atom. The van der Waals surface area contributed by atoms with Crippen molar-refractivity contribution in [3.8, 4) is 0 Å². The Kier molecular flexibility index (Phi) is 17.4. The van der Waals surface area contributed by atoms with Crippen molar-refractivity contribution in [2.24, 2.45) is 5.73 Å². The quantitative estimate of drug-likeness (QED) is 0.542. The number of nitrogens with two attached hydrogens (primary N) is 1. The molecule has 112 valence electrons. The van der Waals surface area contributed by atoms with Crippen LogP contribution >= 0.6 is 12.4 Å². The minimum Gasteiger partial charge on any atom is -0.330 e. The van der Waals surface area contributed by atoms with Gasteiger partial charge in [-0.15, -0.1) is 12.4 Å². The zero-order valence-corrected chi connectivity index (χ0v) is 13.6. The van der Waals surface area contributed by atoms with Crippen molar-refractivity contribution in [3.05, 3.63) is 0 Å². The van der Waals surface area contributed by atoms with Gasteiger partial charge in [-0.2, -0.15) is 0 Å². The van der Waals surface area contributed by atoms with E-state index in [4.69, 9.17) is 5.73 Å². The van der Waals surface area contributed by atoms with Crippen LogP contribution in [0.4, 0.5) is 0 Å². The average molecular weight is 279 g/mol. The van der Waals surface area contributed by atoms with Gasteiger partial charge in [0.05, 0.1) is 0 Å². The van der Waals surface area contributed by atoms with Gasteiger partial charge in [-0.25, -0.2) is 0 Å². The second-order valence-electron chi connectivity index (χ2n) is 5.46. The molecule has 0 radical (unpaired) electrons. The first kappa shape index (κ1) is 20.5. The van der Waals surface area contributed by atoms with Crippen LogP contribution in [0.25, 0.3) is 0 Å². The molecular formula is C15H35ClN2. The molecule has 0 fully saturated rings. The van der Waals surface area contributed by atoms with Crippen LogP contribution < -0.4 is 5.73 Å². The number of hydrogen-bond acceptors (Lipinski definition) is 2. The molecule has 0 aromatic rings. The van der Waals surface area contributed by atoms with Gasteiger partial charge in [0.2, 0.25) is 0 Å². The minimum absolute atomic E-state index is 0. The molecule has 0 amide bonds. The van der Waals surface area contributed by atoms with E-state index in [2.05, 4.69) is 25.9 Å². The Labute approximate surface area is 121 Å². The monoisotopic (exact) mass is 278 g/mol. The van der Waals surface area contributed by atoms with Gasteiger partial charge < -0.3 is 10.6 Å². The smallest absolute Gasteiger partial charge is 0.0101 e. The number of rotatable bonds is 12. The molecule has 0 aliphatic heterocycles. The molecule has 0 saturated carbocycles. The summed E-state index contributed by atoms with van der Waals surface area (Å²) < 4.78 is 0. The first-order valence-corrected chi connectivity index (χ1v) is 7.58. The summed E-state index contributed by atoms with van der Waals surface area (Å²) in [5.41, 5.74) is 5.64. The van der Waals surface area contributed by atoms with Gasteiger partial charge in [-0.1, -0.05) is 58.3 Å². The molecule has 2 N–H and O–H groups in total. The summed E-state index contributed by atoms with van der Waals surface area (Å²) in [6.07, 6.45) is 13.7. The molecule has 0 heterocycles. The lowest BCUT2D eigenvalue weighted by Crippen LogP contribution is -2.30. The first-order valence-electron chi connectivity index (χ1n) is 7.58. The molecule has 0 spiro atoms. The van der Waals surface area contributed by atoms with Crippen LogP contribution in [0, 0.1) is 0 Å². The summed E-state index contributed by atoms with van der Waals surface area (Å²) >= 11 is 0. The van der Waals surface area contributed by atoms with Crippen molar-refractivity contribution >= 4 is 12.4 Å². The van der Waals surface area contributed by atoms with Gasteiger partial charge in [-0.3, -0.25) is 0 Å². The maximum absolute atomic E-state index is 5.64. The van der Waals surface area contributed by atoms with E-state index in [1.807, 2.05) is 0 Å². The molecule has 0 aromatic heterocycles. The molecule has 2 nitrogen and oxygen atoms in total. The molecule has 0 aliphatic carbocycles. The summed E-state index contributed by atoms with van der Waals surface area (Å²) in [4.78, 5) is 2.33. The molecule has 0 rings (SSSR count). The van der Waals surface area contributed by atoms with Crippen molar-refractivity contribution in [1.29, 1.82) is 0 Å². The highest BCUT2D eigenvalue weighted by molar-refractivity contribution is 5.85. The lowest BCUT2D eigenvalue weighted by molar-refractivity contribution is 0.260. The summed E-state index contributed by atoms with van der Waals surface area (Å²) in [7, 11) is 4.34. The van der Waals surface area contributed by atoms with Gasteiger partial charge >= 0.3 is 0 Å². The summed E-state index contributed by atoms with van der Waals surface area (Å²) in [6.45, 7) is 3.10. The Morgan fingerprint density at radius 2 is 1.33 bits per heavy atom. The Hall–Kier alpha value is 0.210. The van der Waals surface area contributed by atoms with Crippen LogP contribution in [0.1, 0.15) is 71.1 Å². The van der Waals surface area contributed by atoms with Gasteiger partial charge in [0.1, 0.15) is 0 Å². The maximum atomic E-state index is 5.64. The Bertz CT molecular complexity index is 151. The summed E-state index contributed by atoms with van der Waals surface area (Å²) in [6, 6.07) is 0.695. The third-order valence-electron chi connectivity index (χ3n) is 3.62. The lowest BCUT2D eigenvalue weighted by Gasteiger charge is -2.23. The molecule has 0 bridgehead atoms. The first-order chi connectivity index (χ1) is 8.22. The van der Waals surface area contributed by atoms with E-state index >= 15 is 0 Å². The van der Waals surface area contributed by atoms with Crippen LogP contribution in [-0.4, -0.2) is 31.6 Å². The maximum Gasteiger partial charge on any atom is 0.0101 e. The summed E-state index contributed by atoms with van der Waals surface area (Å²) in [5.74, 6) is 0. The van der Waals surface area contributed by atoms with Crippen molar-refractivity contribution < 1.29 is 0 Å². The molecule has 0 saturated heterocycles. The largest absolute Gasteiger partial charge is 0.330 e. The van der Waals surface area contributed by atoms with Crippen LogP contribution in [0.15, 0.2) is 0 Å². The van der Waals surface area contributed by atoms with E-state index in [0.29, 0.717) is 6.04 Å². The van der Waals surface area contributed by atoms with E-state index in [1.165, 1.54) is 57.8 Å². The minimum atomic E-state index is 0. The zero-order chi connectivity index (χ0) is 12.9. The van der Waals surface area contributed by atoms with Crippen LogP contribution in [-0.2, 0) is 0 Å². The lowest BCUT2D eigenvalue weighted by atomic mass is 10.0. The average Bonchev–Trinajstić information content (AvgIpc) is 2.31. The van der Waals surface area contributed by atoms with Crippen molar-refractivity contribution in [2.75, 3.05) is 20.6 Å². The molecule has 18 heavy (non-hydrogen) atoms. The highest BCUT2D eigenvalue weighted by Crippen LogP contribution is 2.13. The van der Waals surface area contributed by atoms with Crippen LogP contribution in [0.3, 0.4) is 0 Å². The highest BCUT2D eigenvalue weighted by Gasteiger charge is 2.09. The third-order valence-corrected chi connectivity index (χ3v) is 3.62. The van der Waals surface area contributed by atoms with E-state index < -0.39 is 0 Å². The fourth-order valence-corrected chi connectivity index (χ4v) is 2.37. The van der Waals surface area contributed by atoms with Gasteiger partial charge in [-0.05, 0) is 33.5 Å². The fourth-order valence-electron chi connectivity index (χ4n) is 2.37. The van der Waals surface area contributed by atoms with E-state index in [-0.39, 0.29) is 12.4 Å². The Morgan fingerprint density at radius 3 is 1.78 bits per heavy atom. The molecule has 0 aromatic carbocycles. The number of halogens is 1. The highest BCUT2D eigenvalue weighted by atomic mass is 35.5. The van der Waals surface area contributed by atoms with E-state index in [0.717, 1.165) is 13.0 Å². The number of nitrogens with zero attached hydrogens (tertiary/aromatic N) is 1. The van der Waals surface area contributed by atoms with Gasteiger partial charge in [0.15, 0.2) is 0 Å². The molecule has 1 unspecified atom stereocenters. The zero-order valence-electron chi connectivity index (χ0n) is 12.8. The second kappa shape index (κ2) is 15.3. The van der Waals surface area contributed by atoms with Crippen LogP contribution in [0.2, 0.25) is 0 Å². The van der Waals surface area contributed by atoms with Crippen molar-refractivity contribution in [2.45, 2.75) is 77.2 Å². The third kappa shape index (κ3) is 12.7. The standard InChI is InChI=1S/C15H34N2.ClH/c1-4-5-6-7-8-9-10-11-12-15(13-14-16)17(2)3;/h15H,4-14,16H2,1-3H3;1H.